The molecule has 0 aliphatic carbocycles. The number of benzene rings is 3. The molecule has 1 aliphatic heterocycles. The summed E-state index contributed by atoms with van der Waals surface area (Å²) in [6, 6.07) is 24.0. The number of thioether (sulfide) groups is 2. The molecule has 63 heavy (non-hydrogen) atoms. The Morgan fingerprint density at radius 3 is 2.06 bits per heavy atom. The van der Waals surface area contributed by atoms with Crippen molar-refractivity contribution in [3.05, 3.63) is 124 Å². The Morgan fingerprint density at radius 2 is 1.44 bits per heavy atom. The van der Waals surface area contributed by atoms with Crippen LogP contribution in [-0.4, -0.2) is 74.4 Å². The molecule has 330 valence electrons. The molecule has 0 bridgehead atoms. The number of carboxylic acids is 1. The van der Waals surface area contributed by atoms with E-state index in [0.717, 1.165) is 11.8 Å². The number of aromatic carboxylic acids is 1. The van der Waals surface area contributed by atoms with E-state index in [1.807, 2.05) is 32.9 Å². The van der Waals surface area contributed by atoms with Gasteiger partial charge in [0.15, 0.2) is 0 Å². The monoisotopic (exact) mass is 892 g/mol. The molecule has 0 saturated carbocycles. The first-order valence-electron chi connectivity index (χ1n) is 20.4. The van der Waals surface area contributed by atoms with Crippen molar-refractivity contribution in [1.82, 2.24) is 10.3 Å². The lowest BCUT2D eigenvalue weighted by Gasteiger charge is -2.20. The maximum atomic E-state index is 13.9. The number of carbonyl (C=O) groups excluding carboxylic acids is 5. The van der Waals surface area contributed by atoms with Crippen molar-refractivity contribution in [3.63, 3.8) is 0 Å². The number of hydrogen-bond donors (Lipinski definition) is 6. The maximum absolute atomic E-state index is 13.9. The van der Waals surface area contributed by atoms with Crippen LogP contribution in [0.3, 0.4) is 0 Å². The topological polar surface area (TPSA) is 208 Å². The molecule has 6 N–H and O–H groups in total. The maximum Gasteiger partial charge on any atom is 0.335 e. The molecule has 2 heterocycles. The predicted octanol–water partition coefficient (Wildman–Crippen LogP) is 8.71. The van der Waals surface area contributed by atoms with E-state index in [-0.39, 0.29) is 46.8 Å². The number of amides is 4. The van der Waals surface area contributed by atoms with Crippen LogP contribution < -0.4 is 21.3 Å². The highest BCUT2D eigenvalue weighted by atomic mass is 32.2. The van der Waals surface area contributed by atoms with Crippen LogP contribution in [-0.2, 0) is 23.9 Å². The first-order valence-corrected chi connectivity index (χ1v) is 22.3. The third-order valence-corrected chi connectivity index (χ3v) is 12.6. The zero-order valence-electron chi connectivity index (χ0n) is 36.2. The average molecular weight is 893 g/mol. The molecule has 0 fully saturated rings. The molecule has 1 aliphatic rings. The van der Waals surface area contributed by atoms with Gasteiger partial charge in [-0.25, -0.2) is 9.79 Å². The molecule has 4 amide bonds. The third kappa shape index (κ3) is 12.6. The molecular formula is C47H52N6O8S2. The SMILES string of the molecule is CCC(C)(C)C(=O)OCCCSC(C)C(=O)NC1=NC(=Cc2[nH]c(NC(=O)C(C)Sc3cccc(C(=O)O)c3)c(C(=O)Nc3ccccc3)c2C)C(C)=C1C(=O)Nc1ccccc1. The highest BCUT2D eigenvalue weighted by Crippen LogP contribution is 2.33. The first kappa shape index (κ1) is 47.7. The van der Waals surface area contributed by atoms with Crippen LogP contribution in [0.5, 0.6) is 0 Å². The molecule has 0 saturated heterocycles. The van der Waals surface area contributed by atoms with E-state index in [1.165, 1.54) is 23.9 Å². The number of ether oxygens (including phenoxy) is 1. The first-order chi connectivity index (χ1) is 30.0. The number of nitrogens with one attached hydrogen (secondary N) is 5. The molecule has 0 spiro atoms. The van der Waals surface area contributed by atoms with Crippen molar-refractivity contribution in [3.8, 4) is 0 Å². The lowest BCUT2D eigenvalue weighted by Crippen LogP contribution is -2.39. The quantitative estimate of drug-likeness (QED) is 0.0318. The number of rotatable bonds is 18. The number of anilines is 3. The number of aromatic nitrogens is 1. The third-order valence-electron chi connectivity index (χ3n) is 10.3. The zero-order chi connectivity index (χ0) is 45.8. The standard InChI is InChI=1S/C47H52N6O8S2/c1-8-47(6,7)46(60)61-23-16-24-62-29(4)41(54)52-39-37(43(56)48-32-18-11-9-12-19-32)27(2)35(50-39)26-36-28(3)38(44(57)49-33-20-13-10-14-21-33)40(51-36)53-42(55)30(5)63-34-22-15-17-31(25-34)45(58)59/h9-15,17-22,25-26,29-30,51H,8,16,23-24H2,1-7H3,(H,48,56)(H,49,57)(H,53,55)(H,58,59)(H,50,52,54). The van der Waals surface area contributed by atoms with E-state index in [1.54, 1.807) is 94.4 Å². The van der Waals surface area contributed by atoms with Crippen molar-refractivity contribution in [2.45, 2.75) is 76.7 Å². The van der Waals surface area contributed by atoms with E-state index in [9.17, 15) is 33.9 Å². The van der Waals surface area contributed by atoms with Gasteiger partial charge >= 0.3 is 11.9 Å². The summed E-state index contributed by atoms with van der Waals surface area (Å²) in [5.41, 5.74) is 2.50. The lowest BCUT2D eigenvalue weighted by molar-refractivity contribution is -0.154. The van der Waals surface area contributed by atoms with E-state index >= 15 is 0 Å². The summed E-state index contributed by atoms with van der Waals surface area (Å²) >= 11 is 2.53. The fraction of sp³-hybridized carbons (Fsp3) is 0.298. The van der Waals surface area contributed by atoms with Crippen molar-refractivity contribution < 1.29 is 38.6 Å². The number of esters is 1. The van der Waals surface area contributed by atoms with Crippen LogP contribution in [0, 0.1) is 12.3 Å². The second kappa shape index (κ2) is 21.6. The second-order valence-electron chi connectivity index (χ2n) is 15.4. The smallest absolute Gasteiger partial charge is 0.335 e. The molecule has 2 atom stereocenters. The molecule has 5 rings (SSSR count). The minimum atomic E-state index is -1.09. The van der Waals surface area contributed by atoms with Gasteiger partial charge in [-0.3, -0.25) is 24.0 Å². The zero-order valence-corrected chi connectivity index (χ0v) is 37.8. The van der Waals surface area contributed by atoms with Crippen molar-refractivity contribution in [2.75, 3.05) is 28.3 Å². The lowest BCUT2D eigenvalue weighted by atomic mass is 9.91. The summed E-state index contributed by atoms with van der Waals surface area (Å²) in [7, 11) is 0. The Labute approximate surface area is 375 Å². The van der Waals surface area contributed by atoms with Gasteiger partial charge in [0.25, 0.3) is 11.8 Å². The molecular weight excluding hydrogens is 841 g/mol. The van der Waals surface area contributed by atoms with Crippen molar-refractivity contribution >= 4 is 88.2 Å². The number of nitrogens with zero attached hydrogens (tertiary/aromatic N) is 1. The molecule has 14 nitrogen and oxygen atoms in total. The molecule has 16 heteroatoms. The Kier molecular flexibility index (Phi) is 16.3. The van der Waals surface area contributed by atoms with Crippen LogP contribution in [0.1, 0.15) is 86.4 Å². The fourth-order valence-electron chi connectivity index (χ4n) is 6.08. The number of carboxylic acid groups (broad SMARTS) is 1. The van der Waals surface area contributed by atoms with E-state index in [4.69, 9.17) is 9.73 Å². The Bertz CT molecular complexity index is 2460. The molecule has 3 aromatic carbocycles. The normalized spacial score (nSPS) is 14.1. The summed E-state index contributed by atoms with van der Waals surface area (Å²) in [4.78, 5) is 87.5. The Hall–Kier alpha value is -6.39. The van der Waals surface area contributed by atoms with Gasteiger partial charge in [-0.05, 0) is 120 Å². The van der Waals surface area contributed by atoms with Gasteiger partial charge in [-0.1, -0.05) is 49.4 Å². The number of para-hydroxylation sites is 2. The van der Waals surface area contributed by atoms with Crippen LogP contribution in [0.15, 0.2) is 112 Å². The fourth-order valence-corrected chi connectivity index (χ4v) is 7.85. The van der Waals surface area contributed by atoms with E-state index in [2.05, 4.69) is 26.3 Å². The summed E-state index contributed by atoms with van der Waals surface area (Å²) < 4.78 is 5.44. The molecule has 2 unspecified atom stereocenters. The van der Waals surface area contributed by atoms with Crippen molar-refractivity contribution in [1.29, 1.82) is 0 Å². The number of amidine groups is 1. The largest absolute Gasteiger partial charge is 0.478 e. The highest BCUT2D eigenvalue weighted by Gasteiger charge is 2.31. The molecule has 1 aromatic heterocycles. The summed E-state index contributed by atoms with van der Waals surface area (Å²) in [6.45, 7) is 12.7. The van der Waals surface area contributed by atoms with Gasteiger partial charge in [-0.2, -0.15) is 0 Å². The Balaban J connectivity index is 1.43. The second-order valence-corrected chi connectivity index (χ2v) is 18.2. The average Bonchev–Trinajstić information content (AvgIpc) is 3.73. The summed E-state index contributed by atoms with van der Waals surface area (Å²) in [6.07, 6.45) is 2.85. The molecule has 0 radical (unpaired) electrons. The van der Waals surface area contributed by atoms with E-state index < -0.39 is 39.6 Å². The van der Waals surface area contributed by atoms with Crippen LogP contribution in [0.25, 0.3) is 6.08 Å². The highest BCUT2D eigenvalue weighted by molar-refractivity contribution is 8.00. The van der Waals surface area contributed by atoms with Gasteiger partial charge in [0.1, 0.15) is 11.7 Å². The molecule has 4 aromatic rings. The van der Waals surface area contributed by atoms with E-state index in [0.29, 0.717) is 57.4 Å². The van der Waals surface area contributed by atoms with Gasteiger partial charge in [0.05, 0.1) is 44.9 Å². The minimum absolute atomic E-state index is 0.0398. The number of aromatic amines is 1. The van der Waals surface area contributed by atoms with Gasteiger partial charge in [-0.15, -0.1) is 23.5 Å². The predicted molar refractivity (Wildman–Crippen MR) is 250 cm³/mol. The number of H-pyrrole nitrogens is 1. The van der Waals surface area contributed by atoms with Crippen LogP contribution in [0.2, 0.25) is 0 Å². The van der Waals surface area contributed by atoms with Gasteiger partial charge in [0.2, 0.25) is 11.8 Å². The van der Waals surface area contributed by atoms with Crippen LogP contribution in [0.4, 0.5) is 17.2 Å². The van der Waals surface area contributed by atoms with Gasteiger partial charge in [0, 0.05) is 22.0 Å². The summed E-state index contributed by atoms with van der Waals surface area (Å²) in [5, 5.41) is 19.7. The Morgan fingerprint density at radius 1 is 0.825 bits per heavy atom. The van der Waals surface area contributed by atoms with Crippen molar-refractivity contribution in [2.24, 2.45) is 10.4 Å². The van der Waals surface area contributed by atoms with Gasteiger partial charge < -0.3 is 36.1 Å². The number of allylic oxidation sites excluding steroid dienone is 1. The summed E-state index contributed by atoms with van der Waals surface area (Å²) in [5.74, 6) is -2.50. The number of hydrogen-bond acceptors (Lipinski definition) is 10. The minimum Gasteiger partial charge on any atom is -0.478 e. The van der Waals surface area contributed by atoms with Crippen LogP contribution >= 0.6 is 23.5 Å². The number of aliphatic imine (C=N–C) groups is 1. The number of carbonyl (C=O) groups is 6.